The zero-order valence-electron chi connectivity index (χ0n) is 12.2. The fourth-order valence-corrected chi connectivity index (χ4v) is 2.24. The van der Waals surface area contributed by atoms with E-state index in [4.69, 9.17) is 0 Å². The molecule has 0 amide bonds. The average molecular weight is 236 g/mol. The van der Waals surface area contributed by atoms with E-state index in [2.05, 4.69) is 52.8 Å². The summed E-state index contributed by atoms with van der Waals surface area (Å²) >= 11 is 0. The first kappa shape index (κ1) is 14.5. The van der Waals surface area contributed by atoms with E-state index in [0.29, 0.717) is 5.92 Å². The van der Waals surface area contributed by atoms with Gasteiger partial charge in [-0.3, -0.25) is 0 Å². The Kier molecular flexibility index (Phi) is 4.24. The van der Waals surface area contributed by atoms with Crippen LogP contribution in [0.2, 0.25) is 0 Å². The maximum atomic E-state index is 9.73. The van der Waals surface area contributed by atoms with Crippen molar-refractivity contribution in [3.63, 3.8) is 0 Å². The second-order valence-electron chi connectivity index (χ2n) is 6.65. The summed E-state index contributed by atoms with van der Waals surface area (Å²) in [5, 5.41) is 9.73. The van der Waals surface area contributed by atoms with Gasteiger partial charge in [-0.05, 0) is 38.0 Å². The van der Waals surface area contributed by atoms with Gasteiger partial charge in [0.25, 0.3) is 0 Å². The van der Waals surface area contributed by atoms with Crippen LogP contribution in [-0.4, -0.2) is 11.2 Å². The molecule has 0 saturated heterocycles. The molecule has 1 N–H and O–H groups in total. The maximum absolute atomic E-state index is 9.73. The van der Waals surface area contributed by atoms with Crippen molar-refractivity contribution in [3.05, 3.63) is 23.8 Å². The summed E-state index contributed by atoms with van der Waals surface area (Å²) in [4.78, 5) is 0. The zero-order chi connectivity index (χ0) is 13.3. The van der Waals surface area contributed by atoms with E-state index in [1.54, 1.807) is 0 Å². The van der Waals surface area contributed by atoms with E-state index < -0.39 is 0 Å². The van der Waals surface area contributed by atoms with Gasteiger partial charge in [0, 0.05) is 5.41 Å². The largest absolute Gasteiger partial charge is 0.393 e. The van der Waals surface area contributed by atoms with Crippen LogP contribution in [0.25, 0.3) is 0 Å². The molecule has 0 radical (unpaired) electrons. The molecule has 1 aliphatic rings. The lowest BCUT2D eigenvalue weighted by molar-refractivity contribution is 0.0987. The summed E-state index contributed by atoms with van der Waals surface area (Å²) in [7, 11) is 0. The van der Waals surface area contributed by atoms with Gasteiger partial charge in [0.05, 0.1) is 6.10 Å². The van der Waals surface area contributed by atoms with Crippen molar-refractivity contribution in [2.45, 2.75) is 60.5 Å². The molecule has 17 heavy (non-hydrogen) atoms. The molecule has 2 atom stereocenters. The molecule has 0 aromatic rings. The van der Waals surface area contributed by atoms with Crippen molar-refractivity contribution in [2.75, 3.05) is 0 Å². The molecule has 0 aromatic carbocycles. The van der Waals surface area contributed by atoms with Gasteiger partial charge in [-0.2, -0.15) is 0 Å². The molecule has 0 fully saturated rings. The standard InChI is InChI=1S/C16H28O/c1-12-8-7-9-14(16(12,5)6)10-11-15(3,4)13(2)17/h8,10-11,13-14,17H,7,9H2,1-6H3. The molecular weight excluding hydrogens is 208 g/mol. The van der Waals surface area contributed by atoms with E-state index in [9.17, 15) is 5.11 Å². The Hall–Kier alpha value is -0.560. The topological polar surface area (TPSA) is 20.2 Å². The van der Waals surface area contributed by atoms with Crippen molar-refractivity contribution in [2.24, 2.45) is 16.7 Å². The SMILES string of the molecule is CC1=CCCC(C=CC(C)(C)C(C)O)C1(C)C. The summed E-state index contributed by atoms with van der Waals surface area (Å²) in [5.74, 6) is 0.588. The second kappa shape index (κ2) is 4.97. The van der Waals surface area contributed by atoms with Gasteiger partial charge in [-0.25, -0.2) is 0 Å². The van der Waals surface area contributed by atoms with Gasteiger partial charge < -0.3 is 5.11 Å². The Morgan fingerprint density at radius 1 is 1.47 bits per heavy atom. The molecule has 0 aliphatic heterocycles. The fourth-order valence-electron chi connectivity index (χ4n) is 2.24. The number of hydrogen-bond donors (Lipinski definition) is 1. The minimum atomic E-state index is -0.304. The molecule has 98 valence electrons. The first-order valence-corrected chi connectivity index (χ1v) is 6.72. The smallest absolute Gasteiger partial charge is 0.0597 e. The van der Waals surface area contributed by atoms with Crippen molar-refractivity contribution in [1.29, 1.82) is 0 Å². The Bertz CT molecular complexity index is 318. The summed E-state index contributed by atoms with van der Waals surface area (Å²) in [6.07, 6.45) is 8.98. The first-order valence-electron chi connectivity index (χ1n) is 6.72. The van der Waals surface area contributed by atoms with Gasteiger partial charge in [-0.15, -0.1) is 0 Å². The highest BCUT2D eigenvalue weighted by molar-refractivity contribution is 5.19. The quantitative estimate of drug-likeness (QED) is 0.723. The minimum absolute atomic E-state index is 0.134. The van der Waals surface area contributed by atoms with Crippen LogP contribution >= 0.6 is 0 Å². The van der Waals surface area contributed by atoms with Crippen LogP contribution < -0.4 is 0 Å². The highest BCUT2D eigenvalue weighted by Crippen LogP contribution is 2.42. The predicted molar refractivity (Wildman–Crippen MR) is 74.9 cm³/mol. The van der Waals surface area contributed by atoms with Crippen LogP contribution in [0.1, 0.15) is 54.4 Å². The third-order valence-electron chi connectivity index (χ3n) is 4.71. The van der Waals surface area contributed by atoms with Gasteiger partial charge in [0.15, 0.2) is 0 Å². The normalized spacial score (nSPS) is 27.0. The second-order valence-corrected chi connectivity index (χ2v) is 6.65. The molecule has 0 heterocycles. The Morgan fingerprint density at radius 3 is 2.59 bits per heavy atom. The number of aliphatic hydroxyl groups excluding tert-OH is 1. The lowest BCUT2D eigenvalue weighted by Gasteiger charge is -2.38. The number of hydrogen-bond acceptors (Lipinski definition) is 1. The average Bonchev–Trinajstić information content (AvgIpc) is 2.20. The number of rotatable bonds is 3. The number of allylic oxidation sites excluding steroid dienone is 3. The lowest BCUT2D eigenvalue weighted by Crippen LogP contribution is -2.28. The first-order chi connectivity index (χ1) is 7.68. The van der Waals surface area contributed by atoms with Crippen molar-refractivity contribution in [1.82, 2.24) is 0 Å². The maximum Gasteiger partial charge on any atom is 0.0597 e. The highest BCUT2D eigenvalue weighted by Gasteiger charge is 2.32. The molecule has 0 saturated carbocycles. The molecule has 1 nitrogen and oxygen atoms in total. The van der Waals surface area contributed by atoms with Crippen molar-refractivity contribution < 1.29 is 5.11 Å². The third kappa shape index (κ3) is 3.22. The van der Waals surface area contributed by atoms with Crippen molar-refractivity contribution >= 4 is 0 Å². The van der Waals surface area contributed by atoms with Crippen LogP contribution in [0.15, 0.2) is 23.8 Å². The minimum Gasteiger partial charge on any atom is -0.393 e. The molecule has 1 rings (SSSR count). The monoisotopic (exact) mass is 236 g/mol. The molecule has 0 aromatic heterocycles. The van der Waals surface area contributed by atoms with E-state index in [1.165, 1.54) is 18.4 Å². The summed E-state index contributed by atoms with van der Waals surface area (Å²) in [6.45, 7) is 12.9. The Morgan fingerprint density at radius 2 is 2.06 bits per heavy atom. The summed E-state index contributed by atoms with van der Waals surface area (Å²) in [6, 6.07) is 0. The van der Waals surface area contributed by atoms with E-state index >= 15 is 0 Å². The van der Waals surface area contributed by atoms with Crippen molar-refractivity contribution in [3.8, 4) is 0 Å². The molecule has 1 heteroatoms. The zero-order valence-corrected chi connectivity index (χ0v) is 12.2. The number of aliphatic hydroxyl groups is 1. The molecule has 0 bridgehead atoms. The third-order valence-corrected chi connectivity index (χ3v) is 4.71. The lowest BCUT2D eigenvalue weighted by atomic mass is 9.67. The Labute approximate surface area is 107 Å². The highest BCUT2D eigenvalue weighted by atomic mass is 16.3. The summed E-state index contributed by atoms with van der Waals surface area (Å²) in [5.41, 5.74) is 1.61. The van der Waals surface area contributed by atoms with Crippen LogP contribution in [0.5, 0.6) is 0 Å². The van der Waals surface area contributed by atoms with Gasteiger partial charge in [0.2, 0.25) is 0 Å². The molecule has 2 unspecified atom stereocenters. The van der Waals surface area contributed by atoms with Crippen LogP contribution in [-0.2, 0) is 0 Å². The molecule has 0 spiro atoms. The van der Waals surface area contributed by atoms with E-state index in [-0.39, 0.29) is 16.9 Å². The van der Waals surface area contributed by atoms with E-state index in [0.717, 1.165) is 0 Å². The fraction of sp³-hybridized carbons (Fsp3) is 0.750. The van der Waals surface area contributed by atoms with Gasteiger partial charge in [0.1, 0.15) is 0 Å². The molecule has 1 aliphatic carbocycles. The van der Waals surface area contributed by atoms with Crippen LogP contribution in [0, 0.1) is 16.7 Å². The molecular formula is C16H28O. The van der Waals surface area contributed by atoms with E-state index in [1.807, 2.05) is 6.92 Å². The van der Waals surface area contributed by atoms with Crippen LogP contribution in [0.4, 0.5) is 0 Å². The predicted octanol–water partition coefficient (Wildman–Crippen LogP) is 4.33. The van der Waals surface area contributed by atoms with Gasteiger partial charge >= 0.3 is 0 Å². The van der Waals surface area contributed by atoms with Crippen LogP contribution in [0.3, 0.4) is 0 Å². The summed E-state index contributed by atoms with van der Waals surface area (Å²) < 4.78 is 0. The van der Waals surface area contributed by atoms with Gasteiger partial charge in [-0.1, -0.05) is 51.5 Å². The Balaban J connectivity index is 2.83.